The van der Waals surface area contributed by atoms with Crippen LogP contribution in [-0.4, -0.2) is 28.8 Å². The molecule has 1 aromatic rings. The minimum atomic E-state index is -0.465. The van der Waals surface area contributed by atoms with Crippen LogP contribution in [0.4, 0.5) is 5.69 Å². The number of nitrogens with zero attached hydrogens (tertiary/aromatic N) is 2. The molecule has 0 heterocycles. The number of nitro groups is 1. The maximum atomic E-state index is 12.5. The fraction of sp³-hybridized carbons (Fsp3) is 0.500. The average Bonchev–Trinajstić information content (AvgIpc) is 2.47. The molecule has 0 bridgehead atoms. The standard InChI is InChI=1S/C14H17IN2O3/c1-16(10-5-3-2-4-6-10)14(18)12-9-11(17(19)20)7-8-13(12)15/h7-10H,2-6H2,1H3. The van der Waals surface area contributed by atoms with Crippen LogP contribution in [0.15, 0.2) is 18.2 Å². The van der Waals surface area contributed by atoms with E-state index in [1.54, 1.807) is 18.0 Å². The maximum Gasteiger partial charge on any atom is 0.270 e. The van der Waals surface area contributed by atoms with Crippen molar-refractivity contribution in [1.29, 1.82) is 0 Å². The second-order valence-corrected chi connectivity index (χ2v) is 6.29. The summed E-state index contributed by atoms with van der Waals surface area (Å²) in [5.74, 6) is -0.120. The highest BCUT2D eigenvalue weighted by Gasteiger charge is 2.25. The van der Waals surface area contributed by atoms with E-state index in [9.17, 15) is 14.9 Å². The molecule has 20 heavy (non-hydrogen) atoms. The fourth-order valence-corrected chi connectivity index (χ4v) is 3.18. The molecular weight excluding hydrogens is 371 g/mol. The van der Waals surface area contributed by atoms with Gasteiger partial charge in [0.2, 0.25) is 0 Å². The molecule has 5 nitrogen and oxygen atoms in total. The Morgan fingerprint density at radius 3 is 2.60 bits per heavy atom. The van der Waals surface area contributed by atoms with Crippen molar-refractivity contribution in [3.8, 4) is 0 Å². The van der Waals surface area contributed by atoms with Gasteiger partial charge in [0.25, 0.3) is 11.6 Å². The monoisotopic (exact) mass is 388 g/mol. The number of hydrogen-bond acceptors (Lipinski definition) is 3. The first-order valence-electron chi connectivity index (χ1n) is 6.72. The van der Waals surface area contributed by atoms with E-state index in [-0.39, 0.29) is 17.6 Å². The largest absolute Gasteiger partial charge is 0.339 e. The van der Waals surface area contributed by atoms with Gasteiger partial charge >= 0.3 is 0 Å². The van der Waals surface area contributed by atoms with Gasteiger partial charge in [-0.05, 0) is 41.5 Å². The minimum absolute atomic E-state index is 0.0363. The normalized spacial score (nSPS) is 15.9. The van der Waals surface area contributed by atoms with Crippen molar-refractivity contribution in [3.05, 3.63) is 37.4 Å². The lowest BCUT2D eigenvalue weighted by Gasteiger charge is -2.31. The quantitative estimate of drug-likeness (QED) is 0.452. The van der Waals surface area contributed by atoms with E-state index in [4.69, 9.17) is 0 Å². The summed E-state index contributed by atoms with van der Waals surface area (Å²) in [6, 6.07) is 4.69. The summed E-state index contributed by atoms with van der Waals surface area (Å²) < 4.78 is 0.751. The van der Waals surface area contributed by atoms with Crippen molar-refractivity contribution in [3.63, 3.8) is 0 Å². The number of amides is 1. The van der Waals surface area contributed by atoms with E-state index in [0.717, 1.165) is 29.3 Å². The summed E-state index contributed by atoms with van der Waals surface area (Å²) >= 11 is 2.05. The van der Waals surface area contributed by atoms with Crippen LogP contribution in [0.2, 0.25) is 0 Å². The molecule has 1 saturated carbocycles. The molecule has 1 aliphatic rings. The van der Waals surface area contributed by atoms with Crippen LogP contribution in [0.3, 0.4) is 0 Å². The highest BCUT2D eigenvalue weighted by Crippen LogP contribution is 2.25. The molecule has 2 rings (SSSR count). The van der Waals surface area contributed by atoms with Gasteiger partial charge in [-0.3, -0.25) is 14.9 Å². The molecule has 0 unspecified atom stereocenters. The van der Waals surface area contributed by atoms with Crippen molar-refractivity contribution in [1.82, 2.24) is 4.90 Å². The third kappa shape index (κ3) is 3.28. The molecule has 1 aliphatic carbocycles. The average molecular weight is 388 g/mol. The topological polar surface area (TPSA) is 63.5 Å². The number of halogens is 1. The zero-order chi connectivity index (χ0) is 14.7. The minimum Gasteiger partial charge on any atom is -0.339 e. The second kappa shape index (κ2) is 6.51. The third-order valence-electron chi connectivity index (χ3n) is 3.83. The lowest BCUT2D eigenvalue weighted by atomic mass is 9.94. The SMILES string of the molecule is CN(C(=O)c1cc([N+](=O)[O-])ccc1I)C1CCCCC1. The molecule has 0 saturated heterocycles. The summed E-state index contributed by atoms with van der Waals surface area (Å²) in [7, 11) is 1.80. The number of nitro benzene ring substituents is 1. The Morgan fingerprint density at radius 1 is 1.35 bits per heavy atom. The highest BCUT2D eigenvalue weighted by molar-refractivity contribution is 14.1. The summed E-state index contributed by atoms with van der Waals surface area (Å²) in [6.07, 6.45) is 5.57. The Morgan fingerprint density at radius 2 is 2.00 bits per heavy atom. The smallest absolute Gasteiger partial charge is 0.270 e. The summed E-state index contributed by atoms with van der Waals surface area (Å²) in [6.45, 7) is 0. The van der Waals surface area contributed by atoms with Crippen molar-refractivity contribution >= 4 is 34.2 Å². The first-order chi connectivity index (χ1) is 9.50. The molecule has 6 heteroatoms. The van der Waals surface area contributed by atoms with Gasteiger partial charge in [-0.15, -0.1) is 0 Å². The number of rotatable bonds is 3. The summed E-state index contributed by atoms with van der Waals surface area (Å²) in [5, 5.41) is 10.8. The van der Waals surface area contributed by atoms with Crippen LogP contribution in [0.5, 0.6) is 0 Å². The second-order valence-electron chi connectivity index (χ2n) is 5.13. The van der Waals surface area contributed by atoms with Gasteiger partial charge in [-0.1, -0.05) is 19.3 Å². The van der Waals surface area contributed by atoms with Crippen LogP contribution >= 0.6 is 22.6 Å². The van der Waals surface area contributed by atoms with Crippen LogP contribution in [0, 0.1) is 13.7 Å². The van der Waals surface area contributed by atoms with Gasteiger partial charge in [0.1, 0.15) is 0 Å². The highest BCUT2D eigenvalue weighted by atomic mass is 127. The van der Waals surface area contributed by atoms with E-state index in [1.807, 2.05) is 22.6 Å². The van der Waals surface area contributed by atoms with Crippen molar-refractivity contribution in [2.45, 2.75) is 38.1 Å². The molecule has 0 atom stereocenters. The van der Waals surface area contributed by atoms with Crippen LogP contribution < -0.4 is 0 Å². The van der Waals surface area contributed by atoms with Gasteiger partial charge in [0, 0.05) is 28.8 Å². The predicted molar refractivity (Wildman–Crippen MR) is 84.8 cm³/mol. The lowest BCUT2D eigenvalue weighted by molar-refractivity contribution is -0.384. The van der Waals surface area contributed by atoms with E-state index < -0.39 is 4.92 Å². The Hall–Kier alpha value is -1.18. The van der Waals surface area contributed by atoms with Gasteiger partial charge in [-0.2, -0.15) is 0 Å². The Balaban J connectivity index is 2.23. The van der Waals surface area contributed by atoms with Gasteiger partial charge in [0.15, 0.2) is 0 Å². The summed E-state index contributed by atoms with van der Waals surface area (Å²) in [4.78, 5) is 24.7. The molecule has 0 aliphatic heterocycles. The zero-order valence-electron chi connectivity index (χ0n) is 11.3. The van der Waals surface area contributed by atoms with E-state index in [2.05, 4.69) is 0 Å². The third-order valence-corrected chi connectivity index (χ3v) is 4.77. The zero-order valence-corrected chi connectivity index (χ0v) is 13.5. The molecule has 1 aromatic carbocycles. The van der Waals surface area contributed by atoms with Gasteiger partial charge in [0.05, 0.1) is 10.5 Å². The summed E-state index contributed by atoms with van der Waals surface area (Å²) in [5.41, 5.74) is 0.388. The molecule has 0 spiro atoms. The number of non-ortho nitro benzene ring substituents is 1. The van der Waals surface area contributed by atoms with E-state index >= 15 is 0 Å². The molecule has 1 amide bonds. The Labute approximate surface area is 131 Å². The lowest BCUT2D eigenvalue weighted by Crippen LogP contribution is -2.38. The molecule has 0 N–H and O–H groups in total. The predicted octanol–water partition coefficient (Wildman–Crippen LogP) is 3.60. The van der Waals surface area contributed by atoms with Gasteiger partial charge in [-0.25, -0.2) is 0 Å². The Bertz CT molecular complexity index is 527. The van der Waals surface area contributed by atoms with E-state index in [1.165, 1.54) is 18.6 Å². The number of hydrogen-bond donors (Lipinski definition) is 0. The first-order valence-corrected chi connectivity index (χ1v) is 7.79. The van der Waals surface area contributed by atoms with Crippen molar-refractivity contribution < 1.29 is 9.72 Å². The number of carbonyl (C=O) groups excluding carboxylic acids is 1. The van der Waals surface area contributed by atoms with E-state index in [0.29, 0.717) is 5.56 Å². The molecule has 0 aromatic heterocycles. The molecule has 0 radical (unpaired) electrons. The van der Waals surface area contributed by atoms with Gasteiger partial charge < -0.3 is 4.90 Å². The number of benzene rings is 1. The fourth-order valence-electron chi connectivity index (χ4n) is 2.61. The number of carbonyl (C=O) groups is 1. The molecule has 1 fully saturated rings. The van der Waals surface area contributed by atoms with Crippen molar-refractivity contribution in [2.75, 3.05) is 7.05 Å². The van der Waals surface area contributed by atoms with Crippen LogP contribution in [0.1, 0.15) is 42.5 Å². The van der Waals surface area contributed by atoms with Crippen LogP contribution in [-0.2, 0) is 0 Å². The Kier molecular flexibility index (Phi) is 4.95. The molecular formula is C14H17IN2O3. The molecule has 108 valence electrons. The van der Waals surface area contributed by atoms with Crippen molar-refractivity contribution in [2.24, 2.45) is 0 Å². The maximum absolute atomic E-state index is 12.5. The van der Waals surface area contributed by atoms with Crippen LogP contribution in [0.25, 0.3) is 0 Å². The first kappa shape index (κ1) is 15.2.